The van der Waals surface area contributed by atoms with Crippen molar-refractivity contribution < 1.29 is 0 Å². The molecule has 17 heavy (non-hydrogen) atoms. The number of allylic oxidation sites excluding steroid dienone is 1. The molecule has 1 aliphatic rings. The van der Waals surface area contributed by atoms with Crippen LogP contribution in [0.1, 0.15) is 46.0 Å². The van der Waals surface area contributed by atoms with Gasteiger partial charge in [-0.1, -0.05) is 12.5 Å². The van der Waals surface area contributed by atoms with E-state index < -0.39 is 0 Å². The minimum absolute atomic E-state index is 0.721. The van der Waals surface area contributed by atoms with Crippen molar-refractivity contribution in [3.63, 3.8) is 0 Å². The summed E-state index contributed by atoms with van der Waals surface area (Å²) in [6, 6.07) is 0.721. The first-order valence-corrected chi connectivity index (χ1v) is 7.29. The summed E-state index contributed by atoms with van der Waals surface area (Å²) in [7, 11) is 0. The van der Waals surface area contributed by atoms with Crippen LogP contribution in [0.5, 0.6) is 0 Å². The number of nitrogens with zero attached hydrogens (tertiary/aromatic N) is 1. The van der Waals surface area contributed by atoms with E-state index in [0.29, 0.717) is 0 Å². The summed E-state index contributed by atoms with van der Waals surface area (Å²) >= 11 is 0. The van der Waals surface area contributed by atoms with Crippen LogP contribution in [0, 0.1) is 5.92 Å². The highest BCUT2D eigenvalue weighted by Gasteiger charge is 2.23. The highest BCUT2D eigenvalue weighted by molar-refractivity contribution is 4.79. The average molecular weight is 238 g/mol. The summed E-state index contributed by atoms with van der Waals surface area (Å²) in [5.74, 6) is 0.880. The van der Waals surface area contributed by atoms with Crippen molar-refractivity contribution in [3.05, 3.63) is 12.7 Å². The van der Waals surface area contributed by atoms with Gasteiger partial charge in [0, 0.05) is 12.6 Å². The predicted octanol–water partition coefficient (Wildman–Crippen LogP) is 3.05. The Hall–Kier alpha value is -0.340. The maximum atomic E-state index is 3.75. The lowest BCUT2D eigenvalue weighted by Crippen LogP contribution is -2.30. The SMILES string of the molecule is C=CCCCCCNCC1CCN(C(C)C)C1. The molecule has 1 N–H and O–H groups in total. The van der Waals surface area contributed by atoms with Crippen LogP contribution in [0.3, 0.4) is 0 Å². The molecule has 100 valence electrons. The predicted molar refractivity (Wildman–Crippen MR) is 76.4 cm³/mol. The summed E-state index contributed by atoms with van der Waals surface area (Å²) < 4.78 is 0. The van der Waals surface area contributed by atoms with Gasteiger partial charge in [0.25, 0.3) is 0 Å². The number of likely N-dealkylation sites (tertiary alicyclic amines) is 1. The monoisotopic (exact) mass is 238 g/mol. The second-order valence-electron chi connectivity index (χ2n) is 5.59. The first-order valence-electron chi connectivity index (χ1n) is 7.29. The minimum atomic E-state index is 0.721. The first kappa shape index (κ1) is 14.7. The highest BCUT2D eigenvalue weighted by atomic mass is 15.2. The molecule has 0 radical (unpaired) electrons. The fourth-order valence-electron chi connectivity index (χ4n) is 2.52. The van der Waals surface area contributed by atoms with Crippen LogP contribution in [0.4, 0.5) is 0 Å². The molecule has 0 spiro atoms. The third kappa shape index (κ3) is 6.23. The lowest BCUT2D eigenvalue weighted by molar-refractivity contribution is 0.264. The van der Waals surface area contributed by atoms with Crippen molar-refractivity contribution >= 4 is 0 Å². The van der Waals surface area contributed by atoms with Crippen LogP contribution in [-0.4, -0.2) is 37.1 Å². The van der Waals surface area contributed by atoms with Gasteiger partial charge in [-0.3, -0.25) is 0 Å². The molecule has 1 atom stereocenters. The lowest BCUT2D eigenvalue weighted by atomic mass is 10.1. The second kappa shape index (κ2) is 8.71. The Morgan fingerprint density at radius 3 is 2.82 bits per heavy atom. The average Bonchev–Trinajstić information content (AvgIpc) is 2.77. The number of rotatable bonds is 9. The van der Waals surface area contributed by atoms with Crippen LogP contribution < -0.4 is 5.32 Å². The lowest BCUT2D eigenvalue weighted by Gasteiger charge is -2.20. The van der Waals surface area contributed by atoms with E-state index in [1.54, 1.807) is 0 Å². The van der Waals surface area contributed by atoms with Crippen LogP contribution in [-0.2, 0) is 0 Å². The molecule has 0 aliphatic carbocycles. The number of unbranched alkanes of at least 4 members (excludes halogenated alkanes) is 3. The number of hydrogen-bond acceptors (Lipinski definition) is 2. The largest absolute Gasteiger partial charge is 0.316 e. The molecule has 1 heterocycles. The molecule has 2 nitrogen and oxygen atoms in total. The van der Waals surface area contributed by atoms with E-state index in [1.807, 2.05) is 6.08 Å². The Morgan fingerprint density at radius 1 is 1.35 bits per heavy atom. The van der Waals surface area contributed by atoms with Crippen LogP contribution in [0.25, 0.3) is 0 Å². The van der Waals surface area contributed by atoms with Gasteiger partial charge < -0.3 is 10.2 Å². The van der Waals surface area contributed by atoms with Gasteiger partial charge in [0.15, 0.2) is 0 Å². The standard InChI is InChI=1S/C15H30N2/c1-4-5-6-7-8-10-16-12-15-9-11-17(13-15)14(2)3/h4,14-16H,1,5-13H2,2-3H3. The molecular weight excluding hydrogens is 208 g/mol. The van der Waals surface area contributed by atoms with Gasteiger partial charge in [-0.25, -0.2) is 0 Å². The normalized spacial score (nSPS) is 21.2. The van der Waals surface area contributed by atoms with E-state index in [9.17, 15) is 0 Å². The van der Waals surface area contributed by atoms with Crippen LogP contribution in [0.15, 0.2) is 12.7 Å². The summed E-state index contributed by atoms with van der Waals surface area (Å²) in [5.41, 5.74) is 0. The summed E-state index contributed by atoms with van der Waals surface area (Å²) in [5, 5.41) is 3.61. The number of nitrogens with one attached hydrogen (secondary N) is 1. The molecule has 0 amide bonds. The van der Waals surface area contributed by atoms with Gasteiger partial charge in [0.1, 0.15) is 0 Å². The molecule has 1 unspecified atom stereocenters. The molecule has 1 saturated heterocycles. The molecule has 1 rings (SSSR count). The van der Waals surface area contributed by atoms with Gasteiger partial charge in [0.05, 0.1) is 0 Å². The zero-order valence-corrected chi connectivity index (χ0v) is 11.8. The summed E-state index contributed by atoms with van der Waals surface area (Å²) in [6.07, 6.45) is 8.52. The summed E-state index contributed by atoms with van der Waals surface area (Å²) in [4.78, 5) is 2.59. The van der Waals surface area contributed by atoms with E-state index in [1.165, 1.54) is 58.3 Å². The third-order valence-electron chi connectivity index (χ3n) is 3.74. The third-order valence-corrected chi connectivity index (χ3v) is 3.74. The van der Waals surface area contributed by atoms with Gasteiger partial charge in [0.2, 0.25) is 0 Å². The Kier molecular flexibility index (Phi) is 7.54. The Labute approximate surface area is 107 Å². The Bertz CT molecular complexity index is 201. The quantitative estimate of drug-likeness (QED) is 0.490. The number of hydrogen-bond donors (Lipinski definition) is 1. The first-order chi connectivity index (χ1) is 8.24. The minimum Gasteiger partial charge on any atom is -0.316 e. The van der Waals surface area contributed by atoms with Gasteiger partial charge in [-0.05, 0) is 65.1 Å². The van der Waals surface area contributed by atoms with E-state index in [4.69, 9.17) is 0 Å². The van der Waals surface area contributed by atoms with Gasteiger partial charge in [-0.15, -0.1) is 6.58 Å². The molecular formula is C15H30N2. The maximum absolute atomic E-state index is 3.75. The fourth-order valence-corrected chi connectivity index (χ4v) is 2.52. The molecule has 0 bridgehead atoms. The zero-order chi connectivity index (χ0) is 12.5. The zero-order valence-electron chi connectivity index (χ0n) is 11.8. The van der Waals surface area contributed by atoms with E-state index in [0.717, 1.165) is 12.0 Å². The topological polar surface area (TPSA) is 15.3 Å². The van der Waals surface area contributed by atoms with Crippen molar-refractivity contribution in [2.75, 3.05) is 26.2 Å². The Morgan fingerprint density at radius 2 is 2.18 bits per heavy atom. The maximum Gasteiger partial charge on any atom is 0.00387 e. The molecule has 0 saturated carbocycles. The van der Waals surface area contributed by atoms with Gasteiger partial charge >= 0.3 is 0 Å². The molecule has 0 aromatic rings. The van der Waals surface area contributed by atoms with Crippen molar-refractivity contribution in [1.29, 1.82) is 0 Å². The highest BCUT2D eigenvalue weighted by Crippen LogP contribution is 2.17. The van der Waals surface area contributed by atoms with Crippen molar-refractivity contribution in [1.82, 2.24) is 10.2 Å². The second-order valence-corrected chi connectivity index (χ2v) is 5.59. The molecule has 0 aromatic heterocycles. The molecule has 1 fully saturated rings. The van der Waals surface area contributed by atoms with Crippen molar-refractivity contribution in [3.8, 4) is 0 Å². The van der Waals surface area contributed by atoms with Crippen molar-refractivity contribution in [2.45, 2.75) is 52.0 Å². The Balaban J connectivity index is 1.92. The van der Waals surface area contributed by atoms with Crippen LogP contribution in [0.2, 0.25) is 0 Å². The van der Waals surface area contributed by atoms with E-state index >= 15 is 0 Å². The van der Waals surface area contributed by atoms with E-state index in [-0.39, 0.29) is 0 Å². The fraction of sp³-hybridized carbons (Fsp3) is 0.867. The summed E-state index contributed by atoms with van der Waals surface area (Å²) in [6.45, 7) is 13.3. The smallest absolute Gasteiger partial charge is 0.00387 e. The van der Waals surface area contributed by atoms with Crippen molar-refractivity contribution in [2.24, 2.45) is 5.92 Å². The van der Waals surface area contributed by atoms with E-state index in [2.05, 4.69) is 30.6 Å². The van der Waals surface area contributed by atoms with Gasteiger partial charge in [-0.2, -0.15) is 0 Å². The molecule has 2 heteroatoms. The molecule has 1 aliphatic heterocycles. The van der Waals surface area contributed by atoms with Crippen LogP contribution >= 0.6 is 0 Å². The molecule has 0 aromatic carbocycles.